The molecule has 0 saturated carbocycles. The Bertz CT molecular complexity index is 231. The van der Waals surface area contributed by atoms with E-state index < -0.39 is 0 Å². The molecule has 1 aliphatic rings. The van der Waals surface area contributed by atoms with Crippen LogP contribution < -0.4 is 0 Å². The van der Waals surface area contributed by atoms with E-state index in [0.29, 0.717) is 25.3 Å². The molecule has 0 aromatic rings. The highest BCUT2D eigenvalue weighted by molar-refractivity contribution is 6.36. The number of ketones is 1. The molecule has 0 atom stereocenters. The number of nitrogens with zero attached hydrogens (tertiary/aromatic N) is 1. The molecule has 1 aliphatic heterocycles. The molecule has 0 spiro atoms. The molecule has 0 aromatic carbocycles. The number of oxime groups is 1. The molecule has 5 nitrogen and oxygen atoms in total. The molecule has 0 aliphatic carbocycles. The summed E-state index contributed by atoms with van der Waals surface area (Å²) in [5, 5.41) is 3.50. The van der Waals surface area contributed by atoms with E-state index in [1.165, 1.54) is 13.8 Å². The van der Waals surface area contributed by atoms with Crippen molar-refractivity contribution < 1.29 is 19.2 Å². The standard InChI is InChI=1S/C6H9NO3.C3H6O/c1-2-9-6(8)5-3-4-10-7-5;1-3(2)4/h2-4H2,1H3;1-2H3. The number of Topliss-reactive ketones (excluding diaryl/α,β-unsaturated/α-hetero) is 1. The summed E-state index contributed by atoms with van der Waals surface area (Å²) >= 11 is 0. The first kappa shape index (κ1) is 12.6. The Labute approximate surface area is 83.1 Å². The fourth-order valence-corrected chi connectivity index (χ4v) is 0.665. The molecule has 0 saturated heterocycles. The maximum atomic E-state index is 10.8. The second-order valence-corrected chi connectivity index (χ2v) is 2.75. The lowest BCUT2D eigenvalue weighted by atomic mass is 10.3. The van der Waals surface area contributed by atoms with Crippen molar-refractivity contribution in [3.05, 3.63) is 0 Å². The fourth-order valence-electron chi connectivity index (χ4n) is 0.665. The van der Waals surface area contributed by atoms with Crippen LogP contribution in [0.1, 0.15) is 27.2 Å². The number of carbonyl (C=O) groups excluding carboxylic acids is 2. The van der Waals surface area contributed by atoms with E-state index in [2.05, 4.69) is 14.7 Å². The average Bonchev–Trinajstić information content (AvgIpc) is 2.55. The average molecular weight is 201 g/mol. The van der Waals surface area contributed by atoms with E-state index in [1.54, 1.807) is 6.92 Å². The van der Waals surface area contributed by atoms with Crippen LogP contribution >= 0.6 is 0 Å². The highest BCUT2D eigenvalue weighted by Gasteiger charge is 2.17. The zero-order valence-corrected chi connectivity index (χ0v) is 8.70. The first-order valence-corrected chi connectivity index (χ1v) is 4.41. The molecular weight excluding hydrogens is 186 g/mol. The van der Waals surface area contributed by atoms with Crippen molar-refractivity contribution >= 4 is 17.5 Å². The number of ether oxygens (including phenoxy) is 1. The van der Waals surface area contributed by atoms with E-state index in [0.717, 1.165) is 0 Å². The number of hydrogen-bond donors (Lipinski definition) is 0. The van der Waals surface area contributed by atoms with Crippen molar-refractivity contribution in [1.82, 2.24) is 0 Å². The molecule has 5 heteroatoms. The maximum absolute atomic E-state index is 10.8. The Morgan fingerprint density at radius 3 is 2.43 bits per heavy atom. The minimum Gasteiger partial charge on any atom is -0.461 e. The maximum Gasteiger partial charge on any atom is 0.356 e. The molecule has 14 heavy (non-hydrogen) atoms. The number of carbonyl (C=O) groups is 2. The molecular formula is C9H15NO4. The van der Waals surface area contributed by atoms with Gasteiger partial charge in [-0.2, -0.15) is 0 Å². The van der Waals surface area contributed by atoms with E-state index in [1.807, 2.05) is 0 Å². The number of hydrogen-bond acceptors (Lipinski definition) is 5. The predicted molar refractivity (Wildman–Crippen MR) is 51.0 cm³/mol. The molecule has 1 rings (SSSR count). The van der Waals surface area contributed by atoms with Crippen LogP contribution in [-0.4, -0.2) is 30.7 Å². The fraction of sp³-hybridized carbons (Fsp3) is 0.667. The Hall–Kier alpha value is -1.39. The van der Waals surface area contributed by atoms with Crippen LogP contribution in [0.3, 0.4) is 0 Å². The van der Waals surface area contributed by atoms with Crippen molar-refractivity contribution in [3.63, 3.8) is 0 Å². The number of rotatable bonds is 2. The lowest BCUT2D eigenvalue weighted by Crippen LogP contribution is -2.15. The van der Waals surface area contributed by atoms with Crippen LogP contribution in [0, 0.1) is 0 Å². The van der Waals surface area contributed by atoms with Gasteiger partial charge in [0.25, 0.3) is 0 Å². The smallest absolute Gasteiger partial charge is 0.356 e. The topological polar surface area (TPSA) is 65.0 Å². The Morgan fingerprint density at radius 1 is 1.50 bits per heavy atom. The normalized spacial score (nSPS) is 13.2. The molecule has 0 N–H and O–H groups in total. The van der Waals surface area contributed by atoms with Gasteiger partial charge in [0.1, 0.15) is 12.4 Å². The summed E-state index contributed by atoms with van der Waals surface area (Å²) < 4.78 is 4.68. The highest BCUT2D eigenvalue weighted by Crippen LogP contribution is 2.00. The quantitative estimate of drug-likeness (QED) is 0.623. The summed E-state index contributed by atoms with van der Waals surface area (Å²) in [6.07, 6.45) is 0.568. The molecule has 1 heterocycles. The summed E-state index contributed by atoms with van der Waals surface area (Å²) in [5.74, 6) is -0.194. The van der Waals surface area contributed by atoms with Gasteiger partial charge in [-0.25, -0.2) is 4.79 Å². The zero-order chi connectivity index (χ0) is 11.0. The summed E-state index contributed by atoms with van der Waals surface area (Å²) in [6.45, 7) is 5.69. The highest BCUT2D eigenvalue weighted by atomic mass is 16.6. The van der Waals surface area contributed by atoms with Gasteiger partial charge in [0.2, 0.25) is 0 Å². The van der Waals surface area contributed by atoms with Crippen LogP contribution in [0.4, 0.5) is 0 Å². The molecule has 0 aromatic heterocycles. The lowest BCUT2D eigenvalue weighted by molar-refractivity contribution is -0.135. The van der Waals surface area contributed by atoms with Crippen LogP contribution in [0.5, 0.6) is 0 Å². The summed E-state index contributed by atoms with van der Waals surface area (Å²) in [7, 11) is 0. The lowest BCUT2D eigenvalue weighted by Gasteiger charge is -1.96. The molecule has 0 bridgehead atoms. The molecule has 0 amide bonds. The van der Waals surface area contributed by atoms with Crippen molar-refractivity contribution in [1.29, 1.82) is 0 Å². The second kappa shape index (κ2) is 7.06. The largest absolute Gasteiger partial charge is 0.461 e. The van der Waals surface area contributed by atoms with Gasteiger partial charge in [-0.05, 0) is 20.8 Å². The summed E-state index contributed by atoms with van der Waals surface area (Å²) in [6, 6.07) is 0. The van der Waals surface area contributed by atoms with Gasteiger partial charge in [-0.1, -0.05) is 5.16 Å². The Morgan fingerprint density at radius 2 is 2.07 bits per heavy atom. The van der Waals surface area contributed by atoms with Crippen LogP contribution in [-0.2, 0) is 19.2 Å². The first-order chi connectivity index (χ1) is 6.57. The first-order valence-electron chi connectivity index (χ1n) is 4.41. The van der Waals surface area contributed by atoms with Crippen LogP contribution in [0.2, 0.25) is 0 Å². The summed E-state index contributed by atoms with van der Waals surface area (Å²) in [4.78, 5) is 24.9. The van der Waals surface area contributed by atoms with Gasteiger partial charge in [-0.3, -0.25) is 0 Å². The van der Waals surface area contributed by atoms with Crippen molar-refractivity contribution in [2.24, 2.45) is 5.16 Å². The van der Waals surface area contributed by atoms with Gasteiger partial charge < -0.3 is 14.4 Å². The van der Waals surface area contributed by atoms with Crippen molar-refractivity contribution in [3.8, 4) is 0 Å². The van der Waals surface area contributed by atoms with E-state index in [-0.39, 0.29) is 11.8 Å². The third-order valence-corrected chi connectivity index (χ3v) is 1.12. The molecule has 0 unspecified atom stereocenters. The van der Waals surface area contributed by atoms with E-state index in [9.17, 15) is 9.59 Å². The monoisotopic (exact) mass is 201 g/mol. The van der Waals surface area contributed by atoms with Gasteiger partial charge >= 0.3 is 5.97 Å². The Kier molecular flexibility index (Phi) is 6.36. The number of esters is 1. The van der Waals surface area contributed by atoms with Gasteiger partial charge in [0.05, 0.1) is 6.61 Å². The van der Waals surface area contributed by atoms with Gasteiger partial charge in [0, 0.05) is 6.42 Å². The second-order valence-electron chi connectivity index (χ2n) is 2.75. The third kappa shape index (κ3) is 6.16. The summed E-state index contributed by atoms with van der Waals surface area (Å²) in [5.41, 5.74) is 0.391. The Balaban J connectivity index is 0.000000364. The van der Waals surface area contributed by atoms with Crippen molar-refractivity contribution in [2.75, 3.05) is 13.2 Å². The molecule has 80 valence electrons. The minimum absolute atomic E-state index is 0.167. The molecule has 0 radical (unpaired) electrons. The van der Waals surface area contributed by atoms with Gasteiger partial charge in [-0.15, -0.1) is 0 Å². The van der Waals surface area contributed by atoms with Crippen molar-refractivity contribution in [2.45, 2.75) is 27.2 Å². The van der Waals surface area contributed by atoms with Crippen LogP contribution in [0.25, 0.3) is 0 Å². The van der Waals surface area contributed by atoms with E-state index >= 15 is 0 Å². The third-order valence-electron chi connectivity index (χ3n) is 1.12. The SMILES string of the molecule is CC(C)=O.CCOC(=O)C1=NOCC1. The van der Waals surface area contributed by atoms with E-state index in [4.69, 9.17) is 0 Å². The van der Waals surface area contributed by atoms with Gasteiger partial charge in [0.15, 0.2) is 5.71 Å². The molecule has 0 fully saturated rings. The predicted octanol–water partition coefficient (Wildman–Crippen LogP) is 0.921. The minimum atomic E-state index is -0.361. The van der Waals surface area contributed by atoms with Crippen LogP contribution in [0.15, 0.2) is 5.16 Å². The zero-order valence-electron chi connectivity index (χ0n) is 8.70.